The minimum atomic E-state index is -0.348. The number of halogens is 1. The third-order valence-corrected chi connectivity index (χ3v) is 5.02. The van der Waals surface area contributed by atoms with E-state index in [1.54, 1.807) is 23.1 Å². The van der Waals surface area contributed by atoms with Gasteiger partial charge in [0.1, 0.15) is 11.6 Å². The van der Waals surface area contributed by atoms with Crippen LogP contribution in [0.1, 0.15) is 17.5 Å². The molecule has 0 N–H and O–H groups in total. The summed E-state index contributed by atoms with van der Waals surface area (Å²) in [6, 6.07) is 25.4. The number of amides is 1. The van der Waals surface area contributed by atoms with Gasteiger partial charge in [0, 0.05) is 18.5 Å². The zero-order valence-electron chi connectivity index (χ0n) is 17.0. The largest absolute Gasteiger partial charge is 0.484 e. The Hall–Kier alpha value is -3.67. The maximum absolute atomic E-state index is 14.1. The van der Waals surface area contributed by atoms with Crippen molar-refractivity contribution >= 4 is 11.6 Å². The molecule has 1 aliphatic rings. The van der Waals surface area contributed by atoms with E-state index in [-0.39, 0.29) is 24.4 Å². The number of rotatable bonds is 8. The Morgan fingerprint density at radius 2 is 1.68 bits per heavy atom. The van der Waals surface area contributed by atoms with Gasteiger partial charge in [-0.1, -0.05) is 71.9 Å². The highest BCUT2D eigenvalue weighted by molar-refractivity contribution is 6.01. The molecule has 5 nitrogen and oxygen atoms in total. The summed E-state index contributed by atoms with van der Waals surface area (Å²) >= 11 is 0. The van der Waals surface area contributed by atoms with Crippen LogP contribution in [0.4, 0.5) is 4.39 Å². The lowest BCUT2D eigenvalue weighted by Crippen LogP contribution is -2.40. The first-order chi connectivity index (χ1) is 15.2. The van der Waals surface area contributed by atoms with E-state index >= 15 is 0 Å². The van der Waals surface area contributed by atoms with Gasteiger partial charge in [-0.2, -0.15) is 0 Å². The van der Waals surface area contributed by atoms with Gasteiger partial charge in [-0.05, 0) is 23.8 Å². The summed E-state index contributed by atoms with van der Waals surface area (Å²) in [7, 11) is 0. The standard InChI is InChI=1S/C25H23FN2O3/c26-23-14-8-7-13-22(23)24-15-21(31-27-24)17-28(16-19-9-3-1-4-10-19)25(29)18-30-20-11-5-2-6-12-20/h1-14,21H,15-18H2/t21-/m0/s1. The van der Waals surface area contributed by atoms with Gasteiger partial charge in [-0.25, -0.2) is 4.39 Å². The number of nitrogens with zero attached hydrogens (tertiary/aromatic N) is 2. The van der Waals surface area contributed by atoms with E-state index in [9.17, 15) is 9.18 Å². The molecule has 1 atom stereocenters. The Bertz CT molecular complexity index is 1040. The molecule has 0 saturated carbocycles. The van der Waals surface area contributed by atoms with Crippen molar-refractivity contribution in [3.05, 3.63) is 102 Å². The van der Waals surface area contributed by atoms with Gasteiger partial charge in [0.15, 0.2) is 12.7 Å². The van der Waals surface area contributed by atoms with Crippen molar-refractivity contribution in [2.24, 2.45) is 5.16 Å². The number of oxime groups is 1. The second kappa shape index (κ2) is 9.89. The zero-order valence-corrected chi connectivity index (χ0v) is 17.0. The third-order valence-electron chi connectivity index (χ3n) is 5.02. The molecule has 3 aromatic rings. The van der Waals surface area contributed by atoms with Gasteiger partial charge >= 0.3 is 0 Å². The molecule has 0 fully saturated rings. The molecule has 0 radical (unpaired) electrons. The molecular formula is C25H23FN2O3. The van der Waals surface area contributed by atoms with Crippen molar-refractivity contribution in [3.63, 3.8) is 0 Å². The molecule has 3 aromatic carbocycles. The Morgan fingerprint density at radius 3 is 2.42 bits per heavy atom. The minimum Gasteiger partial charge on any atom is -0.484 e. The van der Waals surface area contributed by atoms with Gasteiger partial charge in [-0.15, -0.1) is 0 Å². The Kier molecular flexibility index (Phi) is 6.57. The molecule has 0 spiro atoms. The van der Waals surface area contributed by atoms with Crippen LogP contribution in [0, 0.1) is 5.82 Å². The highest BCUT2D eigenvalue weighted by atomic mass is 19.1. The summed E-state index contributed by atoms with van der Waals surface area (Å²) in [6.45, 7) is 0.671. The van der Waals surface area contributed by atoms with Gasteiger partial charge in [0.25, 0.3) is 5.91 Å². The zero-order chi connectivity index (χ0) is 21.5. The predicted molar refractivity (Wildman–Crippen MR) is 116 cm³/mol. The second-order valence-corrected chi connectivity index (χ2v) is 7.31. The van der Waals surface area contributed by atoms with Crippen molar-refractivity contribution < 1.29 is 18.8 Å². The smallest absolute Gasteiger partial charge is 0.260 e. The highest BCUT2D eigenvalue weighted by Gasteiger charge is 2.28. The van der Waals surface area contributed by atoms with Crippen LogP contribution >= 0.6 is 0 Å². The number of ether oxygens (including phenoxy) is 1. The van der Waals surface area contributed by atoms with Crippen LogP contribution in [-0.4, -0.2) is 35.8 Å². The molecule has 1 aliphatic heterocycles. The van der Waals surface area contributed by atoms with Crippen LogP contribution in [0.15, 0.2) is 90.1 Å². The first-order valence-electron chi connectivity index (χ1n) is 10.2. The molecule has 0 aromatic heterocycles. The van der Waals surface area contributed by atoms with Gasteiger partial charge in [0.05, 0.1) is 12.3 Å². The maximum atomic E-state index is 14.1. The Balaban J connectivity index is 1.42. The van der Waals surface area contributed by atoms with E-state index in [4.69, 9.17) is 9.57 Å². The van der Waals surface area contributed by atoms with E-state index in [0.29, 0.717) is 36.5 Å². The number of carbonyl (C=O) groups excluding carboxylic acids is 1. The molecule has 0 unspecified atom stereocenters. The summed E-state index contributed by atoms with van der Waals surface area (Å²) in [5.41, 5.74) is 1.98. The first-order valence-corrected chi connectivity index (χ1v) is 10.2. The molecule has 1 heterocycles. The SMILES string of the molecule is O=C(COc1ccccc1)N(Cc1ccccc1)C[C@@H]1CC(c2ccccc2F)=NO1. The molecule has 1 amide bonds. The number of para-hydroxylation sites is 1. The van der Waals surface area contributed by atoms with E-state index in [1.807, 2.05) is 60.7 Å². The fourth-order valence-electron chi connectivity index (χ4n) is 3.44. The minimum absolute atomic E-state index is 0.0788. The fraction of sp³-hybridized carbons (Fsp3) is 0.200. The van der Waals surface area contributed by atoms with E-state index in [1.165, 1.54) is 6.07 Å². The number of benzene rings is 3. The average molecular weight is 418 g/mol. The van der Waals surface area contributed by atoms with Crippen LogP contribution in [0.25, 0.3) is 0 Å². The topological polar surface area (TPSA) is 51.1 Å². The van der Waals surface area contributed by atoms with Crippen LogP contribution in [-0.2, 0) is 16.2 Å². The molecule has 0 saturated heterocycles. The van der Waals surface area contributed by atoms with E-state index in [0.717, 1.165) is 5.56 Å². The third kappa shape index (κ3) is 5.48. The van der Waals surface area contributed by atoms with Gasteiger partial charge in [-0.3, -0.25) is 4.79 Å². The summed E-state index contributed by atoms with van der Waals surface area (Å²) in [5.74, 6) is 0.146. The van der Waals surface area contributed by atoms with Crippen LogP contribution in [0.5, 0.6) is 5.75 Å². The molecular weight excluding hydrogens is 395 g/mol. The summed E-state index contributed by atoms with van der Waals surface area (Å²) in [4.78, 5) is 20.2. The fourth-order valence-corrected chi connectivity index (χ4v) is 3.44. The lowest BCUT2D eigenvalue weighted by molar-refractivity contribution is -0.135. The van der Waals surface area contributed by atoms with Crippen LogP contribution in [0.2, 0.25) is 0 Å². The van der Waals surface area contributed by atoms with Crippen LogP contribution < -0.4 is 4.74 Å². The summed E-state index contributed by atoms with van der Waals surface area (Å²) in [5, 5.41) is 4.07. The quantitative estimate of drug-likeness (QED) is 0.544. The van der Waals surface area contributed by atoms with E-state index < -0.39 is 0 Å². The van der Waals surface area contributed by atoms with Crippen molar-refractivity contribution in [2.75, 3.05) is 13.2 Å². The van der Waals surface area contributed by atoms with Crippen molar-refractivity contribution in [2.45, 2.75) is 19.1 Å². The number of hydrogen-bond donors (Lipinski definition) is 0. The second-order valence-electron chi connectivity index (χ2n) is 7.31. The molecule has 158 valence electrons. The molecule has 6 heteroatoms. The molecule has 0 aliphatic carbocycles. The van der Waals surface area contributed by atoms with Crippen molar-refractivity contribution in [1.82, 2.24) is 4.90 Å². The Morgan fingerprint density at radius 1 is 1.00 bits per heavy atom. The van der Waals surface area contributed by atoms with Crippen LogP contribution in [0.3, 0.4) is 0 Å². The normalized spacial score (nSPS) is 15.1. The lowest BCUT2D eigenvalue weighted by atomic mass is 10.0. The maximum Gasteiger partial charge on any atom is 0.260 e. The van der Waals surface area contributed by atoms with Crippen molar-refractivity contribution in [3.8, 4) is 5.75 Å². The average Bonchev–Trinajstić information content (AvgIpc) is 3.27. The molecule has 31 heavy (non-hydrogen) atoms. The first kappa shape index (κ1) is 20.6. The van der Waals surface area contributed by atoms with Crippen molar-refractivity contribution in [1.29, 1.82) is 0 Å². The number of carbonyl (C=O) groups is 1. The van der Waals surface area contributed by atoms with E-state index in [2.05, 4.69) is 5.16 Å². The molecule has 0 bridgehead atoms. The monoisotopic (exact) mass is 418 g/mol. The highest BCUT2D eigenvalue weighted by Crippen LogP contribution is 2.20. The molecule has 4 rings (SSSR count). The summed E-state index contributed by atoms with van der Waals surface area (Å²) < 4.78 is 19.7. The van der Waals surface area contributed by atoms with Gasteiger partial charge in [0.2, 0.25) is 0 Å². The Labute approximate surface area is 180 Å². The number of hydrogen-bond acceptors (Lipinski definition) is 4. The predicted octanol–water partition coefficient (Wildman–Crippen LogP) is 4.43. The van der Waals surface area contributed by atoms with Gasteiger partial charge < -0.3 is 14.5 Å². The lowest BCUT2D eigenvalue weighted by Gasteiger charge is -2.25. The summed E-state index contributed by atoms with van der Waals surface area (Å²) in [6.07, 6.45) is 0.0815.